The van der Waals surface area contributed by atoms with Gasteiger partial charge in [0.1, 0.15) is 5.60 Å². The number of nitrogens with zero attached hydrogens (tertiary/aromatic N) is 1. The molecule has 0 radical (unpaired) electrons. The lowest BCUT2D eigenvalue weighted by atomic mass is 9.88. The maximum Gasteiger partial charge on any atom is 0.407 e. The predicted molar refractivity (Wildman–Crippen MR) is 62.4 cm³/mol. The summed E-state index contributed by atoms with van der Waals surface area (Å²) in [4.78, 5) is 13.9. The molecule has 4 heteroatoms. The van der Waals surface area contributed by atoms with Crippen molar-refractivity contribution in [3.8, 4) is 0 Å². The monoisotopic (exact) mass is 226 g/mol. The molecular formula is C12H22N2O2. The number of likely N-dealkylation sites (tertiary alicyclic amines) is 1. The third kappa shape index (κ3) is 2.88. The first-order valence-corrected chi connectivity index (χ1v) is 6.17. The van der Waals surface area contributed by atoms with Gasteiger partial charge in [0.2, 0.25) is 0 Å². The molecule has 2 rings (SSSR count). The zero-order valence-electron chi connectivity index (χ0n) is 10.5. The van der Waals surface area contributed by atoms with Gasteiger partial charge in [-0.05, 0) is 33.6 Å². The van der Waals surface area contributed by atoms with Crippen LogP contribution in [-0.4, -0.2) is 41.8 Å². The van der Waals surface area contributed by atoms with Crippen LogP contribution in [0.1, 0.15) is 40.0 Å². The highest BCUT2D eigenvalue weighted by molar-refractivity contribution is 5.68. The van der Waals surface area contributed by atoms with Gasteiger partial charge in [0, 0.05) is 19.1 Å². The van der Waals surface area contributed by atoms with Crippen molar-refractivity contribution in [3.05, 3.63) is 0 Å². The third-order valence-electron chi connectivity index (χ3n) is 3.22. The minimum absolute atomic E-state index is 0.286. The molecule has 0 aromatic rings. The van der Waals surface area contributed by atoms with Gasteiger partial charge in [0.25, 0.3) is 0 Å². The largest absolute Gasteiger partial charge is 0.444 e. The Morgan fingerprint density at radius 2 is 1.94 bits per heavy atom. The van der Waals surface area contributed by atoms with E-state index in [2.05, 4.69) is 10.2 Å². The van der Waals surface area contributed by atoms with E-state index in [0.29, 0.717) is 0 Å². The van der Waals surface area contributed by atoms with Gasteiger partial charge >= 0.3 is 6.09 Å². The number of carbonyl (C=O) groups excluding carboxylic acids is 1. The van der Waals surface area contributed by atoms with E-state index in [0.717, 1.165) is 19.1 Å². The van der Waals surface area contributed by atoms with Gasteiger partial charge in [-0.2, -0.15) is 0 Å². The van der Waals surface area contributed by atoms with Crippen LogP contribution in [0.4, 0.5) is 4.79 Å². The molecule has 16 heavy (non-hydrogen) atoms. The number of hydrogen-bond acceptors (Lipinski definition) is 3. The van der Waals surface area contributed by atoms with E-state index in [1.54, 1.807) is 0 Å². The fraction of sp³-hybridized carbons (Fsp3) is 0.917. The second-order valence-electron chi connectivity index (χ2n) is 5.88. The molecule has 0 atom stereocenters. The van der Waals surface area contributed by atoms with Crippen LogP contribution in [0, 0.1) is 0 Å². The molecule has 0 aromatic carbocycles. The van der Waals surface area contributed by atoms with Crippen LogP contribution in [-0.2, 0) is 4.74 Å². The molecule has 1 amide bonds. The van der Waals surface area contributed by atoms with Crippen molar-refractivity contribution in [3.63, 3.8) is 0 Å². The van der Waals surface area contributed by atoms with Gasteiger partial charge in [0.15, 0.2) is 0 Å². The lowest BCUT2D eigenvalue weighted by Gasteiger charge is -2.47. The summed E-state index contributed by atoms with van der Waals surface area (Å²) in [6, 6.07) is 1.08. The number of alkyl carbamates (subject to hydrolysis) is 1. The maximum atomic E-state index is 11.5. The first-order chi connectivity index (χ1) is 7.44. The summed E-state index contributed by atoms with van der Waals surface area (Å²) >= 11 is 0. The minimum atomic E-state index is -0.401. The van der Waals surface area contributed by atoms with Crippen LogP contribution in [0.3, 0.4) is 0 Å². The van der Waals surface area contributed by atoms with Gasteiger partial charge in [-0.25, -0.2) is 4.79 Å². The zero-order chi connectivity index (χ0) is 11.8. The predicted octanol–water partition coefficient (Wildman–Crippen LogP) is 1.75. The Balaban J connectivity index is 1.63. The van der Waals surface area contributed by atoms with Gasteiger partial charge < -0.3 is 10.1 Å². The van der Waals surface area contributed by atoms with E-state index < -0.39 is 5.60 Å². The van der Waals surface area contributed by atoms with Crippen molar-refractivity contribution in [2.45, 2.75) is 57.7 Å². The lowest BCUT2D eigenvalue weighted by Crippen LogP contribution is -2.63. The van der Waals surface area contributed by atoms with Gasteiger partial charge in [-0.15, -0.1) is 0 Å². The highest BCUT2D eigenvalue weighted by Gasteiger charge is 2.36. The fourth-order valence-electron chi connectivity index (χ4n) is 2.13. The summed E-state index contributed by atoms with van der Waals surface area (Å²) in [7, 11) is 0. The van der Waals surface area contributed by atoms with E-state index in [4.69, 9.17) is 4.74 Å². The Kier molecular flexibility index (Phi) is 3.10. The van der Waals surface area contributed by atoms with Crippen LogP contribution in [0.15, 0.2) is 0 Å². The summed E-state index contributed by atoms with van der Waals surface area (Å²) in [5, 5.41) is 2.90. The van der Waals surface area contributed by atoms with Crippen LogP contribution in [0.2, 0.25) is 0 Å². The Morgan fingerprint density at radius 3 is 2.38 bits per heavy atom. The average Bonchev–Trinajstić information content (AvgIpc) is 1.92. The molecule has 2 fully saturated rings. The van der Waals surface area contributed by atoms with Gasteiger partial charge in [-0.3, -0.25) is 4.90 Å². The molecule has 4 nitrogen and oxygen atoms in total. The van der Waals surface area contributed by atoms with E-state index >= 15 is 0 Å². The zero-order valence-corrected chi connectivity index (χ0v) is 10.5. The standard InChI is InChI=1S/C12H22N2O2/c1-12(2,3)16-11(15)13-9-7-14(8-9)10-5-4-6-10/h9-10H,4-8H2,1-3H3,(H,13,15). The first-order valence-electron chi connectivity index (χ1n) is 6.17. The highest BCUT2D eigenvalue weighted by Crippen LogP contribution is 2.28. The van der Waals surface area contributed by atoms with Gasteiger partial charge in [-0.1, -0.05) is 6.42 Å². The summed E-state index contributed by atoms with van der Waals surface area (Å²) in [6.07, 6.45) is 3.75. The van der Waals surface area contributed by atoms with Crippen molar-refractivity contribution in [1.29, 1.82) is 0 Å². The first kappa shape index (κ1) is 11.7. The van der Waals surface area contributed by atoms with E-state index in [1.165, 1.54) is 19.3 Å². The maximum absolute atomic E-state index is 11.5. The minimum Gasteiger partial charge on any atom is -0.444 e. The smallest absolute Gasteiger partial charge is 0.407 e. The summed E-state index contributed by atoms with van der Waals surface area (Å²) in [6.45, 7) is 7.63. The molecule has 2 aliphatic rings. The fourth-order valence-corrected chi connectivity index (χ4v) is 2.13. The average molecular weight is 226 g/mol. The molecule has 0 bridgehead atoms. The van der Waals surface area contributed by atoms with Crippen LogP contribution in [0.5, 0.6) is 0 Å². The van der Waals surface area contributed by atoms with Crippen LogP contribution >= 0.6 is 0 Å². The SMILES string of the molecule is CC(C)(C)OC(=O)NC1CN(C2CCC2)C1. The number of ether oxygens (including phenoxy) is 1. The van der Waals surface area contributed by atoms with Crippen molar-refractivity contribution in [1.82, 2.24) is 10.2 Å². The highest BCUT2D eigenvalue weighted by atomic mass is 16.6. The lowest BCUT2D eigenvalue weighted by molar-refractivity contribution is 0.0178. The molecule has 1 aliphatic heterocycles. The van der Waals surface area contributed by atoms with E-state index in [1.807, 2.05) is 20.8 Å². The van der Waals surface area contributed by atoms with Crippen molar-refractivity contribution >= 4 is 6.09 Å². The number of nitrogens with one attached hydrogen (secondary N) is 1. The number of hydrogen-bond donors (Lipinski definition) is 1. The van der Waals surface area contributed by atoms with Crippen molar-refractivity contribution in [2.24, 2.45) is 0 Å². The summed E-state index contributed by atoms with van der Waals surface area (Å²) in [5.41, 5.74) is -0.401. The Bertz CT molecular complexity index is 263. The molecular weight excluding hydrogens is 204 g/mol. The molecule has 0 aromatic heterocycles. The Hall–Kier alpha value is -0.770. The molecule has 1 saturated carbocycles. The molecule has 0 unspecified atom stereocenters. The van der Waals surface area contributed by atoms with Crippen molar-refractivity contribution in [2.75, 3.05) is 13.1 Å². The molecule has 1 aliphatic carbocycles. The molecule has 92 valence electrons. The summed E-state index contributed by atoms with van der Waals surface area (Å²) < 4.78 is 5.21. The van der Waals surface area contributed by atoms with Crippen LogP contribution < -0.4 is 5.32 Å². The quantitative estimate of drug-likeness (QED) is 0.780. The Labute approximate surface area is 97.3 Å². The van der Waals surface area contributed by atoms with Crippen molar-refractivity contribution < 1.29 is 9.53 Å². The molecule has 1 saturated heterocycles. The normalized spacial score (nSPS) is 23.4. The topological polar surface area (TPSA) is 41.6 Å². The second-order valence-corrected chi connectivity index (χ2v) is 5.88. The summed E-state index contributed by atoms with van der Waals surface area (Å²) in [5.74, 6) is 0. The van der Waals surface area contributed by atoms with E-state index in [-0.39, 0.29) is 12.1 Å². The number of amides is 1. The Morgan fingerprint density at radius 1 is 1.31 bits per heavy atom. The number of rotatable bonds is 2. The molecule has 0 spiro atoms. The molecule has 1 N–H and O–H groups in total. The second kappa shape index (κ2) is 4.24. The van der Waals surface area contributed by atoms with E-state index in [9.17, 15) is 4.79 Å². The van der Waals surface area contributed by atoms with Gasteiger partial charge in [0.05, 0.1) is 6.04 Å². The number of carbonyl (C=O) groups is 1. The molecule has 1 heterocycles. The van der Waals surface area contributed by atoms with Crippen LogP contribution in [0.25, 0.3) is 0 Å². The third-order valence-corrected chi connectivity index (χ3v) is 3.22.